The number of ether oxygens (including phenoxy) is 4. The van der Waals surface area contributed by atoms with E-state index in [2.05, 4.69) is 5.32 Å². The van der Waals surface area contributed by atoms with Gasteiger partial charge in [0.1, 0.15) is 6.04 Å². The molecular weight excluding hydrogens is 462 g/mol. The normalized spacial score (nSPS) is 17.9. The van der Waals surface area contributed by atoms with Crippen LogP contribution in [0.3, 0.4) is 0 Å². The van der Waals surface area contributed by atoms with Crippen LogP contribution in [0.25, 0.3) is 0 Å². The van der Waals surface area contributed by atoms with Crippen LogP contribution in [0.5, 0.6) is 0 Å². The van der Waals surface area contributed by atoms with E-state index in [-0.39, 0.29) is 18.2 Å². The molecule has 0 spiro atoms. The molecule has 0 saturated carbocycles. The zero-order valence-corrected chi connectivity index (χ0v) is 20.1. The molecule has 0 aliphatic carbocycles. The Morgan fingerprint density at radius 3 is 2.24 bits per heavy atom. The summed E-state index contributed by atoms with van der Waals surface area (Å²) in [4.78, 5) is 39.1. The molecule has 3 rings (SSSR count). The second-order valence-electron chi connectivity index (χ2n) is 7.77. The minimum Gasteiger partial charge on any atom is -0.378 e. The Morgan fingerprint density at radius 1 is 0.941 bits per heavy atom. The first-order chi connectivity index (χ1) is 16.6. The number of hydrogen-bond acceptors (Lipinski definition) is 9. The molecule has 11 heteroatoms. The molecule has 0 aromatic heterocycles. The molecule has 1 saturated heterocycles. The van der Waals surface area contributed by atoms with E-state index in [0.717, 1.165) is 16.2 Å². The lowest BCUT2D eigenvalue weighted by Crippen LogP contribution is -2.52. The first kappa shape index (κ1) is 26.6. The Hall–Kier alpha value is -2.02. The van der Waals surface area contributed by atoms with Gasteiger partial charge in [0.05, 0.1) is 52.9 Å². The standard InChI is InChI=1S/C23H33N3O7S/c24-6-7-30-8-9-31-10-11-32-12-13-33-14-15-34-20-3-1-2-17-18(20)16-26(23(17)29)19-4-5-21(27)25-22(19)28/h1-3,19H,4-16,24H2,(H,25,27,28). The van der Waals surface area contributed by atoms with Gasteiger partial charge in [-0.3, -0.25) is 19.7 Å². The van der Waals surface area contributed by atoms with Crippen molar-refractivity contribution in [2.75, 3.05) is 65.2 Å². The smallest absolute Gasteiger partial charge is 0.255 e. The summed E-state index contributed by atoms with van der Waals surface area (Å²) < 4.78 is 21.7. The van der Waals surface area contributed by atoms with Crippen molar-refractivity contribution in [3.63, 3.8) is 0 Å². The number of hydrogen-bond donors (Lipinski definition) is 2. The van der Waals surface area contributed by atoms with Crippen LogP contribution in [0, 0.1) is 0 Å². The van der Waals surface area contributed by atoms with Gasteiger partial charge in [0.15, 0.2) is 0 Å². The molecule has 1 aromatic rings. The summed E-state index contributed by atoms with van der Waals surface area (Å²) >= 11 is 1.62. The number of benzene rings is 1. The Kier molecular flexibility index (Phi) is 11.3. The van der Waals surface area contributed by atoms with E-state index in [1.807, 2.05) is 12.1 Å². The predicted octanol–water partition coefficient (Wildman–Crippen LogP) is 0.565. The van der Waals surface area contributed by atoms with Gasteiger partial charge in [-0.15, -0.1) is 11.8 Å². The first-order valence-corrected chi connectivity index (χ1v) is 12.5. The van der Waals surface area contributed by atoms with Gasteiger partial charge in [-0.1, -0.05) is 6.07 Å². The Balaban J connectivity index is 1.30. The Morgan fingerprint density at radius 2 is 1.59 bits per heavy atom. The summed E-state index contributed by atoms with van der Waals surface area (Å²) in [7, 11) is 0. The molecule has 3 amide bonds. The lowest BCUT2D eigenvalue weighted by atomic mass is 10.0. The molecule has 34 heavy (non-hydrogen) atoms. The van der Waals surface area contributed by atoms with Crippen LogP contribution in [0.2, 0.25) is 0 Å². The summed E-state index contributed by atoms with van der Waals surface area (Å²) in [5.41, 5.74) is 6.88. The van der Waals surface area contributed by atoms with Crippen molar-refractivity contribution in [2.24, 2.45) is 5.73 Å². The van der Waals surface area contributed by atoms with Gasteiger partial charge < -0.3 is 29.6 Å². The molecule has 1 atom stereocenters. The van der Waals surface area contributed by atoms with E-state index in [4.69, 9.17) is 24.7 Å². The van der Waals surface area contributed by atoms with Gasteiger partial charge in [0.25, 0.3) is 5.91 Å². The molecule has 2 aliphatic rings. The fourth-order valence-electron chi connectivity index (χ4n) is 3.75. The van der Waals surface area contributed by atoms with E-state index in [1.165, 1.54) is 0 Å². The van der Waals surface area contributed by atoms with Crippen molar-refractivity contribution in [3.8, 4) is 0 Å². The van der Waals surface area contributed by atoms with Crippen molar-refractivity contribution in [1.82, 2.24) is 10.2 Å². The lowest BCUT2D eigenvalue weighted by Gasteiger charge is -2.29. The van der Waals surface area contributed by atoms with Crippen LogP contribution in [-0.4, -0.2) is 93.8 Å². The maximum Gasteiger partial charge on any atom is 0.255 e. The van der Waals surface area contributed by atoms with Crippen LogP contribution < -0.4 is 11.1 Å². The highest BCUT2D eigenvalue weighted by Gasteiger charge is 2.39. The minimum absolute atomic E-state index is 0.160. The number of piperidine rings is 1. The number of thioether (sulfide) groups is 1. The zero-order chi connectivity index (χ0) is 24.2. The number of nitrogens with zero attached hydrogens (tertiary/aromatic N) is 1. The number of carbonyl (C=O) groups excluding carboxylic acids is 3. The molecule has 0 bridgehead atoms. The average molecular weight is 496 g/mol. The highest BCUT2D eigenvalue weighted by Crippen LogP contribution is 2.34. The maximum absolute atomic E-state index is 12.9. The van der Waals surface area contributed by atoms with Crippen LogP contribution in [-0.2, 0) is 35.1 Å². The second-order valence-corrected chi connectivity index (χ2v) is 8.91. The Labute approximate surface area is 203 Å². The third-order valence-electron chi connectivity index (χ3n) is 5.40. The fraction of sp³-hybridized carbons (Fsp3) is 0.609. The van der Waals surface area contributed by atoms with Crippen LogP contribution in [0.4, 0.5) is 0 Å². The summed E-state index contributed by atoms with van der Waals surface area (Å²) in [6.07, 6.45) is 0.606. The highest BCUT2D eigenvalue weighted by atomic mass is 32.2. The number of nitrogens with two attached hydrogens (primary N) is 1. The van der Waals surface area contributed by atoms with E-state index < -0.39 is 11.9 Å². The molecule has 0 radical (unpaired) electrons. The van der Waals surface area contributed by atoms with Crippen molar-refractivity contribution >= 4 is 29.5 Å². The number of nitrogens with one attached hydrogen (secondary N) is 1. The second kappa shape index (κ2) is 14.4. The van der Waals surface area contributed by atoms with Crippen molar-refractivity contribution in [2.45, 2.75) is 30.3 Å². The van der Waals surface area contributed by atoms with Gasteiger partial charge in [-0.05, 0) is 24.1 Å². The van der Waals surface area contributed by atoms with E-state index >= 15 is 0 Å². The third-order valence-corrected chi connectivity index (χ3v) is 6.47. The van der Waals surface area contributed by atoms with E-state index in [0.29, 0.717) is 77.9 Å². The van der Waals surface area contributed by atoms with Gasteiger partial charge >= 0.3 is 0 Å². The third kappa shape index (κ3) is 7.76. The number of fused-ring (bicyclic) bond motifs is 1. The number of amides is 3. The SMILES string of the molecule is NCCOCCOCCOCCOCCSc1cccc2c1CN(C1CCC(=O)NC1=O)C2=O. The zero-order valence-electron chi connectivity index (χ0n) is 19.3. The number of carbonyl (C=O) groups is 3. The largest absolute Gasteiger partial charge is 0.378 e. The monoisotopic (exact) mass is 495 g/mol. The molecule has 10 nitrogen and oxygen atoms in total. The van der Waals surface area contributed by atoms with Gasteiger partial charge in [-0.2, -0.15) is 0 Å². The summed E-state index contributed by atoms with van der Waals surface area (Å²) in [5.74, 6) is -0.114. The first-order valence-electron chi connectivity index (χ1n) is 11.5. The fourth-order valence-corrected chi connectivity index (χ4v) is 4.69. The Bertz CT molecular complexity index is 839. The summed E-state index contributed by atoms with van der Waals surface area (Å²) in [6.45, 7) is 5.04. The van der Waals surface area contributed by atoms with Gasteiger partial charge in [0, 0.05) is 35.7 Å². The molecule has 2 aliphatic heterocycles. The quantitative estimate of drug-likeness (QED) is 0.192. The highest BCUT2D eigenvalue weighted by molar-refractivity contribution is 7.99. The predicted molar refractivity (Wildman–Crippen MR) is 126 cm³/mol. The van der Waals surface area contributed by atoms with Gasteiger partial charge in [0.2, 0.25) is 11.8 Å². The molecule has 1 fully saturated rings. The van der Waals surface area contributed by atoms with E-state index in [9.17, 15) is 14.4 Å². The summed E-state index contributed by atoms with van der Waals surface area (Å²) in [5, 5.41) is 2.33. The van der Waals surface area contributed by atoms with Gasteiger partial charge in [-0.25, -0.2) is 0 Å². The minimum atomic E-state index is -0.603. The summed E-state index contributed by atoms with van der Waals surface area (Å²) in [6, 6.07) is 5.02. The van der Waals surface area contributed by atoms with Crippen molar-refractivity contribution in [3.05, 3.63) is 29.3 Å². The van der Waals surface area contributed by atoms with Crippen LogP contribution in [0.1, 0.15) is 28.8 Å². The maximum atomic E-state index is 12.9. The molecule has 2 heterocycles. The number of rotatable bonds is 16. The topological polar surface area (TPSA) is 129 Å². The molecule has 3 N–H and O–H groups in total. The van der Waals surface area contributed by atoms with Crippen LogP contribution >= 0.6 is 11.8 Å². The lowest BCUT2D eigenvalue weighted by molar-refractivity contribution is -0.136. The molecule has 1 unspecified atom stereocenters. The number of imide groups is 1. The average Bonchev–Trinajstić information content (AvgIpc) is 3.16. The van der Waals surface area contributed by atoms with Crippen LogP contribution in [0.15, 0.2) is 23.1 Å². The molecule has 188 valence electrons. The molecular formula is C23H33N3O7S. The van der Waals surface area contributed by atoms with Crippen molar-refractivity contribution < 1.29 is 33.3 Å². The van der Waals surface area contributed by atoms with Crippen molar-refractivity contribution in [1.29, 1.82) is 0 Å². The molecule has 1 aromatic carbocycles. The van der Waals surface area contributed by atoms with E-state index in [1.54, 1.807) is 22.7 Å².